The summed E-state index contributed by atoms with van der Waals surface area (Å²) in [6.07, 6.45) is 13.3. The van der Waals surface area contributed by atoms with Gasteiger partial charge in [0.2, 0.25) is 0 Å². The van der Waals surface area contributed by atoms with Crippen LogP contribution in [0, 0.1) is 11.6 Å². The Balaban J connectivity index is 1.22. The SMILES string of the molecule is Cn1cc(-c2cc3c(N4CC=C(c5ncc([C@@](C)(N)c6ccc(F)cc6F)cn5)CC4)ncnn3c2)cn1. The van der Waals surface area contributed by atoms with Gasteiger partial charge in [-0.15, -0.1) is 0 Å². The quantitative estimate of drug-likeness (QED) is 0.382. The van der Waals surface area contributed by atoms with Crippen molar-refractivity contribution in [2.75, 3.05) is 18.0 Å². The van der Waals surface area contributed by atoms with Gasteiger partial charge in [0.05, 0.1) is 11.7 Å². The van der Waals surface area contributed by atoms with Crippen LogP contribution in [-0.4, -0.2) is 47.4 Å². The van der Waals surface area contributed by atoms with Crippen molar-refractivity contribution in [2.24, 2.45) is 12.8 Å². The summed E-state index contributed by atoms with van der Waals surface area (Å²) < 4.78 is 31.3. The maximum atomic E-state index is 14.4. The first-order valence-corrected chi connectivity index (χ1v) is 12.1. The van der Waals surface area contributed by atoms with Gasteiger partial charge in [0, 0.05) is 73.2 Å². The third-order valence-corrected chi connectivity index (χ3v) is 6.96. The zero-order valence-electron chi connectivity index (χ0n) is 20.9. The van der Waals surface area contributed by atoms with Crippen LogP contribution in [0.2, 0.25) is 0 Å². The molecule has 1 aliphatic heterocycles. The molecule has 5 heterocycles. The lowest BCUT2D eigenvalue weighted by molar-refractivity contribution is 0.515. The van der Waals surface area contributed by atoms with Crippen molar-refractivity contribution in [3.05, 3.63) is 96.2 Å². The lowest BCUT2D eigenvalue weighted by Crippen LogP contribution is -2.35. The van der Waals surface area contributed by atoms with E-state index in [2.05, 4.69) is 42.2 Å². The predicted molar refractivity (Wildman–Crippen MR) is 139 cm³/mol. The molecule has 38 heavy (non-hydrogen) atoms. The fourth-order valence-electron chi connectivity index (χ4n) is 4.78. The van der Waals surface area contributed by atoms with Crippen LogP contribution in [0.4, 0.5) is 14.6 Å². The highest BCUT2D eigenvalue weighted by atomic mass is 19.1. The summed E-state index contributed by atoms with van der Waals surface area (Å²) in [5.74, 6) is 0.0872. The number of aryl methyl sites for hydroxylation is 1. The molecule has 6 rings (SSSR count). The number of aromatic nitrogens is 7. The van der Waals surface area contributed by atoms with Gasteiger partial charge in [0.15, 0.2) is 11.6 Å². The monoisotopic (exact) mass is 513 g/mol. The topological polar surface area (TPSA) is 103 Å². The van der Waals surface area contributed by atoms with Gasteiger partial charge in [0.1, 0.15) is 23.5 Å². The summed E-state index contributed by atoms with van der Waals surface area (Å²) in [5, 5.41) is 8.63. The summed E-state index contributed by atoms with van der Waals surface area (Å²) in [7, 11) is 1.89. The molecule has 0 fully saturated rings. The molecule has 192 valence electrons. The van der Waals surface area contributed by atoms with Crippen LogP contribution in [0.5, 0.6) is 0 Å². The molecule has 0 bridgehead atoms. The van der Waals surface area contributed by atoms with Gasteiger partial charge < -0.3 is 10.6 Å². The Kier molecular flexibility index (Phi) is 5.72. The number of fused-ring (bicyclic) bond motifs is 1. The minimum atomic E-state index is -1.21. The van der Waals surface area contributed by atoms with Gasteiger partial charge in [-0.1, -0.05) is 12.1 Å². The molecule has 0 saturated carbocycles. The minimum absolute atomic E-state index is 0.177. The molecule has 0 radical (unpaired) electrons. The number of rotatable bonds is 5. The van der Waals surface area contributed by atoms with Crippen LogP contribution in [0.15, 0.2) is 67.7 Å². The van der Waals surface area contributed by atoms with E-state index in [1.165, 1.54) is 12.1 Å². The predicted octanol–water partition coefficient (Wildman–Crippen LogP) is 3.71. The fourth-order valence-corrected chi connectivity index (χ4v) is 4.78. The van der Waals surface area contributed by atoms with Crippen molar-refractivity contribution < 1.29 is 8.78 Å². The lowest BCUT2D eigenvalue weighted by Gasteiger charge is -2.28. The highest BCUT2D eigenvalue weighted by Crippen LogP contribution is 2.31. The Morgan fingerprint density at radius 2 is 1.79 bits per heavy atom. The van der Waals surface area contributed by atoms with Gasteiger partial charge in [-0.3, -0.25) is 4.68 Å². The zero-order chi connectivity index (χ0) is 26.4. The molecule has 5 aromatic rings. The molecule has 4 aromatic heterocycles. The number of halogens is 2. The van der Waals surface area contributed by atoms with Gasteiger partial charge in [0.25, 0.3) is 0 Å². The molecule has 11 heteroatoms. The molecule has 0 aliphatic carbocycles. The zero-order valence-corrected chi connectivity index (χ0v) is 20.9. The number of nitrogens with zero attached hydrogens (tertiary/aromatic N) is 8. The molecule has 2 N–H and O–H groups in total. The van der Waals surface area contributed by atoms with Crippen molar-refractivity contribution >= 4 is 16.9 Å². The smallest absolute Gasteiger partial charge is 0.156 e. The standard InChI is InChI=1S/C27H25F2N9/c1-27(30,22-4-3-21(28)10-23(22)29)20-12-31-25(32-13-20)17-5-7-37(8-6-17)26-24-9-18(15-38(24)35-16-33-26)19-11-34-36(2)14-19/h3-5,9-16H,6-8,30H2,1-2H3/t27-/m1/s1. The third kappa shape index (κ3) is 4.20. The molecule has 1 aliphatic rings. The van der Waals surface area contributed by atoms with E-state index in [0.717, 1.165) is 47.1 Å². The van der Waals surface area contributed by atoms with Gasteiger partial charge >= 0.3 is 0 Å². The first-order chi connectivity index (χ1) is 18.3. The number of benzene rings is 1. The Morgan fingerprint density at radius 1 is 0.974 bits per heavy atom. The van der Waals surface area contributed by atoms with E-state index in [4.69, 9.17) is 5.73 Å². The molecule has 0 unspecified atom stereocenters. The number of anilines is 1. The minimum Gasteiger partial charge on any atom is -0.351 e. The van der Waals surface area contributed by atoms with E-state index in [0.29, 0.717) is 17.9 Å². The van der Waals surface area contributed by atoms with Crippen LogP contribution < -0.4 is 10.6 Å². The molecular formula is C27H25F2N9. The molecular weight excluding hydrogens is 488 g/mol. The van der Waals surface area contributed by atoms with E-state index in [-0.39, 0.29) is 5.56 Å². The average molecular weight is 514 g/mol. The van der Waals surface area contributed by atoms with Crippen LogP contribution >= 0.6 is 0 Å². The fraction of sp³-hybridized carbons (Fsp3) is 0.222. The highest BCUT2D eigenvalue weighted by molar-refractivity contribution is 5.78. The summed E-state index contributed by atoms with van der Waals surface area (Å²) in [4.78, 5) is 15.8. The Hall–Kier alpha value is -4.51. The van der Waals surface area contributed by atoms with Crippen molar-refractivity contribution in [1.82, 2.24) is 34.3 Å². The molecule has 0 spiro atoms. The second kappa shape index (κ2) is 9.10. The lowest BCUT2D eigenvalue weighted by atomic mass is 9.87. The molecule has 1 atom stereocenters. The number of hydrogen-bond donors (Lipinski definition) is 1. The van der Waals surface area contributed by atoms with E-state index < -0.39 is 17.2 Å². The van der Waals surface area contributed by atoms with E-state index in [1.54, 1.807) is 30.3 Å². The van der Waals surface area contributed by atoms with Crippen LogP contribution in [0.1, 0.15) is 30.3 Å². The summed E-state index contributed by atoms with van der Waals surface area (Å²) in [6.45, 7) is 3.02. The Labute approximate surface area is 217 Å². The van der Waals surface area contributed by atoms with Crippen molar-refractivity contribution in [3.63, 3.8) is 0 Å². The van der Waals surface area contributed by atoms with Crippen LogP contribution in [0.25, 0.3) is 22.2 Å². The maximum Gasteiger partial charge on any atom is 0.156 e. The van der Waals surface area contributed by atoms with Crippen molar-refractivity contribution in [3.8, 4) is 11.1 Å². The maximum absolute atomic E-state index is 14.4. The highest BCUT2D eigenvalue weighted by Gasteiger charge is 2.28. The van der Waals surface area contributed by atoms with E-state index in [9.17, 15) is 8.78 Å². The molecule has 1 aromatic carbocycles. The Bertz CT molecular complexity index is 1670. The van der Waals surface area contributed by atoms with Gasteiger partial charge in [-0.25, -0.2) is 28.2 Å². The third-order valence-electron chi connectivity index (χ3n) is 6.96. The molecule has 9 nitrogen and oxygen atoms in total. The summed E-state index contributed by atoms with van der Waals surface area (Å²) in [5.41, 5.74) is 9.89. The Morgan fingerprint density at radius 3 is 2.47 bits per heavy atom. The summed E-state index contributed by atoms with van der Waals surface area (Å²) in [6, 6.07) is 5.44. The largest absolute Gasteiger partial charge is 0.351 e. The number of nitrogens with two attached hydrogens (primary N) is 1. The molecule has 0 amide bonds. The van der Waals surface area contributed by atoms with Gasteiger partial charge in [-0.05, 0) is 31.1 Å². The average Bonchev–Trinajstić information content (AvgIpc) is 3.55. The first kappa shape index (κ1) is 23.9. The second-order valence-corrected chi connectivity index (χ2v) is 9.59. The van der Waals surface area contributed by atoms with Crippen molar-refractivity contribution in [2.45, 2.75) is 18.9 Å². The van der Waals surface area contributed by atoms with Crippen molar-refractivity contribution in [1.29, 1.82) is 0 Å². The number of hydrogen-bond acceptors (Lipinski definition) is 7. The van der Waals surface area contributed by atoms with Crippen LogP contribution in [0.3, 0.4) is 0 Å². The van der Waals surface area contributed by atoms with Gasteiger partial charge in [-0.2, -0.15) is 10.2 Å². The normalized spacial score (nSPS) is 15.5. The summed E-state index contributed by atoms with van der Waals surface area (Å²) >= 11 is 0. The van der Waals surface area contributed by atoms with Crippen LogP contribution in [-0.2, 0) is 12.6 Å². The van der Waals surface area contributed by atoms with E-state index >= 15 is 0 Å². The molecule has 0 saturated heterocycles. The van der Waals surface area contributed by atoms with E-state index in [1.807, 2.05) is 30.2 Å². The second-order valence-electron chi connectivity index (χ2n) is 9.59. The first-order valence-electron chi connectivity index (χ1n) is 12.1.